The van der Waals surface area contributed by atoms with Gasteiger partial charge in [0, 0.05) is 12.8 Å². The zero-order valence-corrected chi connectivity index (χ0v) is 40.5. The first kappa shape index (κ1) is 54.5. The molecule has 2 rings (SSSR count). The molecule has 0 N–H and O–H groups in total. The summed E-state index contributed by atoms with van der Waals surface area (Å²) in [5.74, 6) is -2.64. The Bertz CT molecular complexity index is 1270. The number of hydrogen-bond donors (Lipinski definition) is 0. The van der Waals surface area contributed by atoms with E-state index in [2.05, 4.69) is 13.8 Å². The maximum Gasteiger partial charge on any atom is 1.08 e. The van der Waals surface area contributed by atoms with Crippen molar-refractivity contribution in [2.45, 2.75) is 219 Å². The molecule has 0 saturated heterocycles. The van der Waals surface area contributed by atoms with Crippen LogP contribution < -0.4 is 0 Å². The van der Waals surface area contributed by atoms with Gasteiger partial charge < -0.3 is 18.0 Å². The molecule has 0 aromatic heterocycles. The van der Waals surface area contributed by atoms with Crippen molar-refractivity contribution in [2.75, 3.05) is 0 Å². The zero-order valence-electron chi connectivity index (χ0n) is 38.2. The van der Waals surface area contributed by atoms with Crippen LogP contribution in [0, 0.1) is 0 Å². The van der Waals surface area contributed by atoms with Crippen LogP contribution in [0.25, 0.3) is 0 Å². The molecule has 0 aliphatic carbocycles. The fourth-order valence-electron chi connectivity index (χ4n) is 7.32. The Morgan fingerprint density at radius 2 is 0.590 bits per heavy atom. The van der Waals surface area contributed by atoms with Gasteiger partial charge in [0.1, 0.15) is 0 Å². The van der Waals surface area contributed by atoms with Gasteiger partial charge in [-0.05, 0) is 37.1 Å². The summed E-state index contributed by atoms with van der Waals surface area (Å²) >= 11 is -7.28. The summed E-state index contributed by atoms with van der Waals surface area (Å²) in [5.41, 5.74) is 0.485. The Kier molecular flexibility index (Phi) is 34.8. The standard InChI is InChI=1S/2C18H36O2.2C7H6O2.2Al.O/c2*1-2-3-4-5-6-7-8-9-10-11-12-13-14-15-16-17-18(19)20;2*8-7(9)6-4-2-1-3-5-6;;;/h2*2-17H2,1H3,(H,19,20);2*1-5H,(H,8,9);;;/q;;;;2*+2;/p-4. The molecule has 0 atom stereocenters. The van der Waals surface area contributed by atoms with Crippen molar-refractivity contribution < 1.29 is 37.2 Å². The van der Waals surface area contributed by atoms with Crippen LogP contribution >= 0.6 is 0 Å². The van der Waals surface area contributed by atoms with E-state index in [0.29, 0.717) is 12.8 Å². The lowest BCUT2D eigenvalue weighted by Gasteiger charge is -2.18. The predicted molar refractivity (Wildman–Crippen MR) is 248 cm³/mol. The first-order chi connectivity index (χ1) is 29.9. The van der Waals surface area contributed by atoms with E-state index >= 15 is 0 Å². The summed E-state index contributed by atoms with van der Waals surface area (Å²) in [4.78, 5) is 52.3. The minimum Gasteiger partial charge on any atom is -0.563 e. The first-order valence-electron chi connectivity index (χ1n) is 24.5. The Labute approximate surface area is 380 Å². The number of unbranched alkanes of at least 4 members (excludes halogenated alkanes) is 28. The van der Waals surface area contributed by atoms with E-state index in [1.807, 2.05) is 0 Å². The molecule has 0 unspecified atom stereocenters. The van der Waals surface area contributed by atoms with Crippen LogP contribution in [0.15, 0.2) is 60.7 Å². The molecule has 9 nitrogen and oxygen atoms in total. The van der Waals surface area contributed by atoms with E-state index in [4.69, 9.17) is 18.0 Å². The van der Waals surface area contributed by atoms with Gasteiger partial charge in [-0.2, -0.15) is 0 Å². The molecule has 2 aromatic rings. The topological polar surface area (TPSA) is 114 Å². The van der Waals surface area contributed by atoms with Crippen molar-refractivity contribution in [1.82, 2.24) is 0 Å². The molecule has 0 bridgehead atoms. The smallest absolute Gasteiger partial charge is 0.563 e. The number of rotatable bonds is 40. The summed E-state index contributed by atoms with van der Waals surface area (Å²) in [6, 6.07) is 16.6. The molecule has 0 fully saturated rings. The zero-order chi connectivity index (χ0) is 43.9. The van der Waals surface area contributed by atoms with Crippen molar-refractivity contribution in [2.24, 2.45) is 0 Å². The number of carbonyl (C=O) groups is 4. The third-order valence-electron chi connectivity index (χ3n) is 11.1. The molecule has 0 aliphatic rings. The minimum absolute atomic E-state index is 0.128. The SMILES string of the molecule is CCCCCCCCCCCCCCCCCC(=O)[O][Al]([O]C(=O)c1ccccc1)[O][Al]([O]C(=O)CCCCCCCCCCCCCCCCC)[O]C(=O)c1ccccc1. The van der Waals surface area contributed by atoms with Gasteiger partial charge >= 0.3 is 42.2 Å². The van der Waals surface area contributed by atoms with E-state index in [1.54, 1.807) is 60.7 Å². The lowest BCUT2D eigenvalue weighted by Crippen LogP contribution is -2.43. The van der Waals surface area contributed by atoms with Crippen LogP contribution in [0.2, 0.25) is 0 Å². The molecular formula is C50H80Al2O9. The van der Waals surface area contributed by atoms with Crippen molar-refractivity contribution >= 4 is 54.2 Å². The molecule has 0 heterocycles. The highest BCUT2D eigenvalue weighted by atomic mass is 27.3. The largest absolute Gasteiger partial charge is 1.08 e. The second-order valence-corrected chi connectivity index (χ2v) is 19.8. The second-order valence-electron chi connectivity index (χ2n) is 16.6. The first-order valence-corrected chi connectivity index (χ1v) is 27.3. The van der Waals surface area contributed by atoms with Crippen molar-refractivity contribution in [3.8, 4) is 0 Å². The van der Waals surface area contributed by atoms with Gasteiger partial charge in [0.15, 0.2) is 0 Å². The summed E-state index contributed by atoms with van der Waals surface area (Å²) in [6.45, 7) is 4.51. The second kappa shape index (κ2) is 39.0. The molecule has 61 heavy (non-hydrogen) atoms. The van der Waals surface area contributed by atoms with Crippen molar-refractivity contribution in [1.29, 1.82) is 0 Å². The summed E-state index contributed by atoms with van der Waals surface area (Å²) in [6.07, 6.45) is 36.6. The number of hydrogen-bond acceptors (Lipinski definition) is 9. The fourth-order valence-corrected chi connectivity index (χ4v) is 10.3. The van der Waals surface area contributed by atoms with Crippen LogP contribution in [0.5, 0.6) is 0 Å². The lowest BCUT2D eigenvalue weighted by atomic mass is 10.0. The summed E-state index contributed by atoms with van der Waals surface area (Å²) in [5, 5.41) is 0. The quantitative estimate of drug-likeness (QED) is 0.0477. The molecule has 340 valence electrons. The fraction of sp³-hybridized carbons (Fsp3) is 0.680. The van der Waals surface area contributed by atoms with Crippen molar-refractivity contribution in [3.63, 3.8) is 0 Å². The highest BCUT2D eigenvalue weighted by molar-refractivity contribution is 6.56. The van der Waals surface area contributed by atoms with Gasteiger partial charge in [0.2, 0.25) is 0 Å². The monoisotopic (exact) mass is 879 g/mol. The normalized spacial score (nSPS) is 10.9. The van der Waals surface area contributed by atoms with Crippen molar-refractivity contribution in [3.05, 3.63) is 71.8 Å². The molecular weight excluding hydrogens is 799 g/mol. The summed E-state index contributed by atoms with van der Waals surface area (Å²) < 4.78 is 28.4. The number of benzene rings is 2. The van der Waals surface area contributed by atoms with E-state index in [-0.39, 0.29) is 24.0 Å². The van der Waals surface area contributed by atoms with Crippen LogP contribution in [0.3, 0.4) is 0 Å². The van der Waals surface area contributed by atoms with E-state index in [9.17, 15) is 19.2 Å². The van der Waals surface area contributed by atoms with Crippen LogP contribution in [-0.2, 0) is 27.6 Å². The van der Waals surface area contributed by atoms with Crippen LogP contribution in [0.4, 0.5) is 0 Å². The van der Waals surface area contributed by atoms with Gasteiger partial charge in [-0.25, -0.2) is 9.59 Å². The predicted octanol–water partition coefficient (Wildman–Crippen LogP) is 14.3. The molecule has 2 aromatic carbocycles. The highest BCUT2D eigenvalue weighted by Crippen LogP contribution is 2.17. The van der Waals surface area contributed by atoms with Gasteiger partial charge in [0.05, 0.1) is 11.1 Å². The highest BCUT2D eigenvalue weighted by Gasteiger charge is 2.56. The number of carbonyl (C=O) groups excluding carboxylic acids is 4. The van der Waals surface area contributed by atoms with E-state index in [0.717, 1.165) is 38.5 Å². The Hall–Kier alpha value is -2.66. The molecule has 0 aliphatic heterocycles. The Morgan fingerprint density at radius 1 is 0.344 bits per heavy atom. The third-order valence-corrected chi connectivity index (χ3v) is 14.6. The van der Waals surface area contributed by atoms with Gasteiger partial charge in [0.25, 0.3) is 11.9 Å². The molecule has 0 saturated carbocycles. The van der Waals surface area contributed by atoms with Crippen LogP contribution in [-0.4, -0.2) is 54.2 Å². The maximum atomic E-state index is 13.1. The Balaban J connectivity index is 1.82. The van der Waals surface area contributed by atoms with E-state index in [1.165, 1.54) is 141 Å². The van der Waals surface area contributed by atoms with Gasteiger partial charge in [-0.1, -0.05) is 230 Å². The lowest BCUT2D eigenvalue weighted by molar-refractivity contribution is -0.137. The average molecular weight is 879 g/mol. The molecule has 11 heteroatoms. The van der Waals surface area contributed by atoms with Gasteiger partial charge in [-0.15, -0.1) is 0 Å². The molecule has 0 amide bonds. The maximum absolute atomic E-state index is 13.1. The molecule has 0 radical (unpaired) electrons. The summed E-state index contributed by atoms with van der Waals surface area (Å²) in [7, 11) is 0. The third kappa shape index (κ3) is 30.9. The Morgan fingerprint density at radius 3 is 0.852 bits per heavy atom. The average Bonchev–Trinajstić information content (AvgIpc) is 3.26. The van der Waals surface area contributed by atoms with E-state index < -0.39 is 54.2 Å². The molecule has 0 spiro atoms. The minimum atomic E-state index is -3.64. The van der Waals surface area contributed by atoms with Gasteiger partial charge in [-0.3, -0.25) is 9.59 Å². The van der Waals surface area contributed by atoms with Crippen LogP contribution in [0.1, 0.15) is 240 Å².